The van der Waals surface area contributed by atoms with Gasteiger partial charge in [-0.25, -0.2) is 4.79 Å². The van der Waals surface area contributed by atoms with Crippen molar-refractivity contribution in [3.63, 3.8) is 0 Å². The van der Waals surface area contributed by atoms with E-state index in [-0.39, 0.29) is 22.9 Å². The molecule has 0 aliphatic carbocycles. The lowest BCUT2D eigenvalue weighted by molar-refractivity contribution is -0.384. The molecule has 108 valence electrons. The molecule has 0 aromatic heterocycles. The molecule has 0 saturated carbocycles. The number of carbonyl (C=O) groups excluding carboxylic acids is 1. The smallest absolute Gasteiger partial charge is 0.338 e. The molecule has 0 heterocycles. The summed E-state index contributed by atoms with van der Waals surface area (Å²) in [5.74, 6) is -0.595. The predicted molar refractivity (Wildman–Crippen MR) is 81.4 cm³/mol. The SMILES string of the molecule is O=C(OCc1ccccc1Br)c1ccc([N+](=O)[O-])c(Cl)c1. The number of halogens is 2. The highest BCUT2D eigenvalue weighted by Crippen LogP contribution is 2.25. The monoisotopic (exact) mass is 369 g/mol. The Bertz CT molecular complexity index is 705. The van der Waals surface area contributed by atoms with Gasteiger partial charge >= 0.3 is 5.97 Å². The Kier molecular flexibility index (Phi) is 4.93. The van der Waals surface area contributed by atoms with E-state index in [1.165, 1.54) is 18.2 Å². The number of carbonyl (C=O) groups is 1. The lowest BCUT2D eigenvalue weighted by atomic mass is 10.2. The maximum atomic E-state index is 11.9. The van der Waals surface area contributed by atoms with E-state index in [4.69, 9.17) is 16.3 Å². The van der Waals surface area contributed by atoms with Gasteiger partial charge in [-0.3, -0.25) is 10.1 Å². The minimum absolute atomic E-state index is 0.0921. The van der Waals surface area contributed by atoms with Crippen LogP contribution in [-0.2, 0) is 11.3 Å². The number of hydrogen-bond donors (Lipinski definition) is 0. The van der Waals surface area contributed by atoms with Crippen LogP contribution in [0, 0.1) is 10.1 Å². The average molecular weight is 371 g/mol. The fourth-order valence-electron chi connectivity index (χ4n) is 1.62. The molecule has 0 unspecified atom stereocenters. The third kappa shape index (κ3) is 3.80. The first-order chi connectivity index (χ1) is 9.99. The molecule has 21 heavy (non-hydrogen) atoms. The van der Waals surface area contributed by atoms with Gasteiger partial charge in [-0.2, -0.15) is 0 Å². The topological polar surface area (TPSA) is 69.4 Å². The van der Waals surface area contributed by atoms with E-state index in [1.807, 2.05) is 24.3 Å². The van der Waals surface area contributed by atoms with Gasteiger partial charge in [0.2, 0.25) is 0 Å². The molecule has 0 bridgehead atoms. The molecule has 0 amide bonds. The normalized spacial score (nSPS) is 10.2. The first-order valence-electron chi connectivity index (χ1n) is 5.83. The van der Waals surface area contributed by atoms with Crippen LogP contribution in [0.15, 0.2) is 46.9 Å². The van der Waals surface area contributed by atoms with Crippen molar-refractivity contribution < 1.29 is 14.5 Å². The van der Waals surface area contributed by atoms with E-state index >= 15 is 0 Å². The summed E-state index contributed by atoms with van der Waals surface area (Å²) in [7, 11) is 0. The summed E-state index contributed by atoms with van der Waals surface area (Å²) in [6, 6.07) is 11.1. The zero-order valence-electron chi connectivity index (χ0n) is 10.6. The second-order valence-electron chi connectivity index (χ2n) is 4.09. The van der Waals surface area contributed by atoms with E-state index in [0.717, 1.165) is 10.0 Å². The molecule has 0 aliphatic rings. The van der Waals surface area contributed by atoms with Gasteiger partial charge in [-0.15, -0.1) is 0 Å². The molecule has 2 aromatic rings. The van der Waals surface area contributed by atoms with Gasteiger partial charge in [-0.05, 0) is 18.2 Å². The van der Waals surface area contributed by atoms with Crippen molar-refractivity contribution in [2.75, 3.05) is 0 Å². The fourth-order valence-corrected chi connectivity index (χ4v) is 2.27. The van der Waals surface area contributed by atoms with E-state index in [0.29, 0.717) is 0 Å². The van der Waals surface area contributed by atoms with Crippen LogP contribution in [0.25, 0.3) is 0 Å². The van der Waals surface area contributed by atoms with Gasteiger partial charge in [0.05, 0.1) is 10.5 Å². The molecule has 0 N–H and O–H groups in total. The van der Waals surface area contributed by atoms with Crippen molar-refractivity contribution in [3.05, 3.63) is 73.2 Å². The number of nitro benzene ring substituents is 1. The first kappa shape index (κ1) is 15.5. The Morgan fingerprint density at radius 1 is 1.29 bits per heavy atom. The molecule has 0 atom stereocenters. The summed E-state index contributed by atoms with van der Waals surface area (Å²) in [6.45, 7) is 0.0921. The Labute approximate surface area is 133 Å². The molecule has 0 radical (unpaired) electrons. The lowest BCUT2D eigenvalue weighted by Gasteiger charge is -2.07. The van der Waals surface area contributed by atoms with Gasteiger partial charge < -0.3 is 4.74 Å². The summed E-state index contributed by atoms with van der Waals surface area (Å²) < 4.78 is 5.99. The maximum Gasteiger partial charge on any atom is 0.338 e. The Balaban J connectivity index is 2.09. The third-order valence-electron chi connectivity index (χ3n) is 2.70. The van der Waals surface area contributed by atoms with Crippen molar-refractivity contribution in [1.82, 2.24) is 0 Å². The van der Waals surface area contributed by atoms with Crippen LogP contribution in [-0.4, -0.2) is 10.9 Å². The highest BCUT2D eigenvalue weighted by molar-refractivity contribution is 9.10. The van der Waals surface area contributed by atoms with Crippen molar-refractivity contribution in [2.24, 2.45) is 0 Å². The second kappa shape index (κ2) is 6.69. The van der Waals surface area contributed by atoms with Gasteiger partial charge in [-0.1, -0.05) is 45.7 Å². The first-order valence-corrected chi connectivity index (χ1v) is 7.00. The van der Waals surface area contributed by atoms with Gasteiger partial charge in [0, 0.05) is 16.1 Å². The Hall–Kier alpha value is -1.92. The molecule has 0 aliphatic heterocycles. The number of esters is 1. The molecular weight excluding hydrogens is 362 g/mol. The number of benzene rings is 2. The largest absolute Gasteiger partial charge is 0.457 e. The van der Waals surface area contributed by atoms with Crippen LogP contribution < -0.4 is 0 Å². The molecule has 0 spiro atoms. The summed E-state index contributed by atoms with van der Waals surface area (Å²) in [4.78, 5) is 21.9. The van der Waals surface area contributed by atoms with E-state index < -0.39 is 10.9 Å². The van der Waals surface area contributed by atoms with Gasteiger partial charge in [0.25, 0.3) is 5.69 Å². The van der Waals surface area contributed by atoms with Crippen LogP contribution in [0.2, 0.25) is 5.02 Å². The Morgan fingerprint density at radius 2 is 2.00 bits per heavy atom. The zero-order valence-corrected chi connectivity index (χ0v) is 12.9. The highest BCUT2D eigenvalue weighted by atomic mass is 79.9. The number of nitrogens with zero attached hydrogens (tertiary/aromatic N) is 1. The highest BCUT2D eigenvalue weighted by Gasteiger charge is 2.16. The van der Waals surface area contributed by atoms with E-state index in [9.17, 15) is 14.9 Å². The van der Waals surface area contributed by atoms with Crippen LogP contribution in [0.4, 0.5) is 5.69 Å². The lowest BCUT2D eigenvalue weighted by Crippen LogP contribution is -2.06. The molecular formula is C14H9BrClNO4. The minimum atomic E-state index is -0.613. The molecule has 0 saturated heterocycles. The van der Waals surface area contributed by atoms with Crippen molar-refractivity contribution in [2.45, 2.75) is 6.61 Å². The molecule has 5 nitrogen and oxygen atoms in total. The number of ether oxygens (including phenoxy) is 1. The quantitative estimate of drug-likeness (QED) is 0.455. The fraction of sp³-hybridized carbons (Fsp3) is 0.0714. The number of rotatable bonds is 4. The predicted octanol–water partition coefficient (Wildman–Crippen LogP) is 4.37. The molecule has 0 fully saturated rings. The maximum absolute atomic E-state index is 11.9. The molecule has 2 aromatic carbocycles. The van der Waals surface area contributed by atoms with E-state index in [2.05, 4.69) is 15.9 Å². The molecule has 7 heteroatoms. The van der Waals surface area contributed by atoms with Crippen LogP contribution in [0.1, 0.15) is 15.9 Å². The van der Waals surface area contributed by atoms with Crippen molar-refractivity contribution in [3.8, 4) is 0 Å². The van der Waals surface area contributed by atoms with Crippen LogP contribution >= 0.6 is 27.5 Å². The zero-order chi connectivity index (χ0) is 15.4. The average Bonchev–Trinajstić information content (AvgIpc) is 2.45. The molecule has 2 rings (SSSR count). The number of nitro groups is 1. The van der Waals surface area contributed by atoms with Crippen molar-refractivity contribution in [1.29, 1.82) is 0 Å². The van der Waals surface area contributed by atoms with Gasteiger partial charge in [0.1, 0.15) is 11.6 Å². The summed E-state index contributed by atoms with van der Waals surface area (Å²) >= 11 is 9.11. The summed E-state index contributed by atoms with van der Waals surface area (Å²) in [5, 5.41) is 10.5. The summed E-state index contributed by atoms with van der Waals surface area (Å²) in [5.41, 5.74) is 0.732. The number of hydrogen-bond acceptors (Lipinski definition) is 4. The summed E-state index contributed by atoms with van der Waals surface area (Å²) in [6.07, 6.45) is 0. The second-order valence-corrected chi connectivity index (χ2v) is 5.35. The van der Waals surface area contributed by atoms with E-state index in [1.54, 1.807) is 0 Å². The minimum Gasteiger partial charge on any atom is -0.457 e. The third-order valence-corrected chi connectivity index (χ3v) is 3.77. The Morgan fingerprint density at radius 3 is 2.62 bits per heavy atom. The standard InChI is InChI=1S/C14H9BrClNO4/c15-11-4-2-1-3-10(11)8-21-14(18)9-5-6-13(17(19)20)12(16)7-9/h1-7H,8H2. The van der Waals surface area contributed by atoms with Crippen molar-refractivity contribution >= 4 is 39.2 Å². The van der Waals surface area contributed by atoms with Crippen LogP contribution in [0.5, 0.6) is 0 Å². The van der Waals surface area contributed by atoms with Gasteiger partial charge in [0.15, 0.2) is 0 Å². The van der Waals surface area contributed by atoms with Crippen LogP contribution in [0.3, 0.4) is 0 Å².